The molecule has 1 heterocycles. The van der Waals surface area contributed by atoms with Crippen molar-refractivity contribution in [2.75, 3.05) is 0 Å². The molecule has 0 aliphatic rings. The van der Waals surface area contributed by atoms with E-state index in [2.05, 4.69) is 15.3 Å². The number of benzene rings is 2. The zero-order valence-electron chi connectivity index (χ0n) is 14.0. The number of primary amides is 1. The normalized spacial score (nSPS) is 13.2. The highest BCUT2D eigenvalue weighted by Gasteiger charge is 2.20. The number of nitrogens with zero attached hydrogens (tertiary/aromatic N) is 2. The molecule has 25 heavy (non-hydrogen) atoms. The average molecular weight is 332 g/mol. The molecule has 3 aromatic rings. The largest absolute Gasteiger partial charge is 0.368 e. The molecular formula is C20H20N4O. The maximum Gasteiger partial charge on any atom is 0.239 e. The summed E-state index contributed by atoms with van der Waals surface area (Å²) in [6, 6.07) is 17.0. The summed E-state index contributed by atoms with van der Waals surface area (Å²) in [4.78, 5) is 19.9. The highest BCUT2D eigenvalue weighted by molar-refractivity contribution is 5.81. The summed E-state index contributed by atoms with van der Waals surface area (Å²) in [5.74, 6) is -0.392. The van der Waals surface area contributed by atoms with Gasteiger partial charge in [-0.05, 0) is 23.6 Å². The van der Waals surface area contributed by atoms with E-state index in [1.807, 2.05) is 61.5 Å². The van der Waals surface area contributed by atoms with Gasteiger partial charge in [0, 0.05) is 24.0 Å². The number of hydrogen-bond donors (Lipinski definition) is 2. The lowest BCUT2D eigenvalue weighted by Gasteiger charge is -2.22. The fraction of sp³-hybridized carbons (Fsp3) is 0.150. The first-order chi connectivity index (χ1) is 12.1. The molecular weight excluding hydrogens is 312 g/mol. The van der Waals surface area contributed by atoms with E-state index in [9.17, 15) is 4.79 Å². The van der Waals surface area contributed by atoms with Gasteiger partial charge in [-0.25, -0.2) is 9.97 Å². The molecule has 5 heteroatoms. The second-order valence-corrected chi connectivity index (χ2v) is 5.88. The monoisotopic (exact) mass is 332 g/mol. The minimum absolute atomic E-state index is 0.0289. The summed E-state index contributed by atoms with van der Waals surface area (Å²) in [5.41, 5.74) is 9.53. The van der Waals surface area contributed by atoms with Crippen molar-refractivity contribution in [2.24, 2.45) is 5.73 Å². The molecule has 0 saturated heterocycles. The summed E-state index contributed by atoms with van der Waals surface area (Å²) in [7, 11) is 0. The van der Waals surface area contributed by atoms with Crippen molar-refractivity contribution in [1.29, 1.82) is 0 Å². The van der Waals surface area contributed by atoms with E-state index < -0.39 is 11.9 Å². The Morgan fingerprint density at radius 2 is 1.56 bits per heavy atom. The second-order valence-electron chi connectivity index (χ2n) is 5.88. The van der Waals surface area contributed by atoms with Gasteiger partial charge in [-0.3, -0.25) is 10.1 Å². The van der Waals surface area contributed by atoms with Crippen molar-refractivity contribution in [2.45, 2.75) is 19.0 Å². The van der Waals surface area contributed by atoms with Crippen LogP contribution in [0.3, 0.4) is 0 Å². The molecule has 1 aromatic heterocycles. The third-order valence-corrected chi connectivity index (χ3v) is 4.14. The van der Waals surface area contributed by atoms with Crippen LogP contribution < -0.4 is 11.1 Å². The predicted octanol–water partition coefficient (Wildman–Crippen LogP) is 3.02. The lowest BCUT2D eigenvalue weighted by atomic mass is 10.0. The Morgan fingerprint density at radius 1 is 0.920 bits per heavy atom. The minimum Gasteiger partial charge on any atom is -0.368 e. The SMILES string of the molecule is CC(NC(C(N)=O)c1ccccc1)c1ccc(-c2cncnc2)cc1. The Morgan fingerprint density at radius 3 is 2.16 bits per heavy atom. The zero-order chi connectivity index (χ0) is 17.6. The number of carbonyl (C=O) groups is 1. The Balaban J connectivity index is 1.76. The average Bonchev–Trinajstić information content (AvgIpc) is 2.67. The van der Waals surface area contributed by atoms with Crippen LogP contribution in [0.15, 0.2) is 73.3 Å². The maximum atomic E-state index is 11.9. The molecule has 0 saturated carbocycles. The summed E-state index contributed by atoms with van der Waals surface area (Å²) in [6.45, 7) is 2.01. The number of nitrogens with two attached hydrogens (primary N) is 1. The van der Waals surface area contributed by atoms with Crippen LogP contribution in [0.1, 0.15) is 30.1 Å². The van der Waals surface area contributed by atoms with Crippen molar-refractivity contribution in [3.8, 4) is 11.1 Å². The van der Waals surface area contributed by atoms with Gasteiger partial charge in [-0.15, -0.1) is 0 Å². The van der Waals surface area contributed by atoms with Crippen LogP contribution in [0.25, 0.3) is 11.1 Å². The third-order valence-electron chi connectivity index (χ3n) is 4.14. The number of aromatic nitrogens is 2. The van der Waals surface area contributed by atoms with Gasteiger partial charge in [0.05, 0.1) is 0 Å². The smallest absolute Gasteiger partial charge is 0.239 e. The molecule has 0 fully saturated rings. The van der Waals surface area contributed by atoms with Crippen LogP contribution in [-0.2, 0) is 4.79 Å². The predicted molar refractivity (Wildman–Crippen MR) is 97.4 cm³/mol. The van der Waals surface area contributed by atoms with Gasteiger partial charge < -0.3 is 5.73 Å². The van der Waals surface area contributed by atoms with E-state index in [4.69, 9.17) is 5.73 Å². The quantitative estimate of drug-likeness (QED) is 0.727. The van der Waals surface area contributed by atoms with E-state index in [-0.39, 0.29) is 6.04 Å². The molecule has 5 nitrogen and oxygen atoms in total. The number of carbonyl (C=O) groups excluding carboxylic acids is 1. The summed E-state index contributed by atoms with van der Waals surface area (Å²) in [6.07, 6.45) is 5.07. The maximum absolute atomic E-state index is 11.9. The Hall–Kier alpha value is -3.05. The van der Waals surface area contributed by atoms with E-state index in [0.717, 1.165) is 22.3 Å². The second kappa shape index (κ2) is 7.68. The molecule has 126 valence electrons. The molecule has 1 amide bonds. The van der Waals surface area contributed by atoms with Gasteiger partial charge in [0.25, 0.3) is 0 Å². The topological polar surface area (TPSA) is 80.9 Å². The van der Waals surface area contributed by atoms with Gasteiger partial charge in [-0.1, -0.05) is 54.6 Å². The number of hydrogen-bond acceptors (Lipinski definition) is 4. The summed E-state index contributed by atoms with van der Waals surface area (Å²) >= 11 is 0. The fourth-order valence-electron chi connectivity index (χ4n) is 2.75. The Labute approximate surface area is 146 Å². The van der Waals surface area contributed by atoms with E-state index in [1.54, 1.807) is 12.4 Å². The van der Waals surface area contributed by atoms with Crippen molar-refractivity contribution < 1.29 is 4.79 Å². The molecule has 2 atom stereocenters. The van der Waals surface area contributed by atoms with Crippen molar-refractivity contribution in [1.82, 2.24) is 15.3 Å². The first-order valence-electron chi connectivity index (χ1n) is 8.11. The standard InChI is InChI=1S/C20H20N4O/c1-14(24-19(20(21)25)17-5-3-2-4-6-17)15-7-9-16(10-8-15)18-11-22-13-23-12-18/h2-14,19,24H,1H3,(H2,21,25). The lowest BCUT2D eigenvalue weighted by Crippen LogP contribution is -2.35. The summed E-state index contributed by atoms with van der Waals surface area (Å²) in [5, 5.41) is 3.31. The van der Waals surface area contributed by atoms with E-state index >= 15 is 0 Å². The molecule has 3 N–H and O–H groups in total. The zero-order valence-corrected chi connectivity index (χ0v) is 14.0. The molecule has 0 spiro atoms. The highest BCUT2D eigenvalue weighted by Crippen LogP contribution is 2.23. The van der Waals surface area contributed by atoms with Crippen LogP contribution in [0, 0.1) is 0 Å². The first-order valence-corrected chi connectivity index (χ1v) is 8.11. The number of amides is 1. The fourth-order valence-corrected chi connectivity index (χ4v) is 2.75. The van der Waals surface area contributed by atoms with Crippen molar-refractivity contribution >= 4 is 5.91 Å². The lowest BCUT2D eigenvalue weighted by molar-refractivity contribution is -0.120. The molecule has 3 rings (SSSR count). The van der Waals surface area contributed by atoms with Gasteiger partial charge in [-0.2, -0.15) is 0 Å². The Bertz CT molecular complexity index is 819. The molecule has 0 radical (unpaired) electrons. The summed E-state index contributed by atoms with van der Waals surface area (Å²) < 4.78 is 0. The van der Waals surface area contributed by atoms with Gasteiger partial charge >= 0.3 is 0 Å². The van der Waals surface area contributed by atoms with Gasteiger partial charge in [0.1, 0.15) is 12.4 Å². The van der Waals surface area contributed by atoms with E-state index in [0.29, 0.717) is 0 Å². The Kier molecular flexibility index (Phi) is 5.16. The minimum atomic E-state index is -0.529. The van der Waals surface area contributed by atoms with E-state index in [1.165, 1.54) is 6.33 Å². The molecule has 0 aliphatic heterocycles. The molecule has 2 unspecified atom stereocenters. The van der Waals surface area contributed by atoms with Crippen LogP contribution in [-0.4, -0.2) is 15.9 Å². The molecule has 2 aromatic carbocycles. The van der Waals surface area contributed by atoms with Crippen LogP contribution in [0.2, 0.25) is 0 Å². The molecule has 0 bridgehead atoms. The highest BCUT2D eigenvalue weighted by atomic mass is 16.1. The molecule has 0 aliphatic carbocycles. The van der Waals surface area contributed by atoms with Crippen molar-refractivity contribution in [3.63, 3.8) is 0 Å². The van der Waals surface area contributed by atoms with Crippen molar-refractivity contribution in [3.05, 3.63) is 84.4 Å². The van der Waals surface area contributed by atoms with Crippen LogP contribution >= 0.6 is 0 Å². The first kappa shape index (κ1) is 16.8. The van der Waals surface area contributed by atoms with Crippen LogP contribution in [0.5, 0.6) is 0 Å². The van der Waals surface area contributed by atoms with Crippen LogP contribution in [0.4, 0.5) is 0 Å². The number of rotatable bonds is 6. The number of nitrogens with one attached hydrogen (secondary N) is 1. The van der Waals surface area contributed by atoms with Gasteiger partial charge in [0.15, 0.2) is 0 Å². The van der Waals surface area contributed by atoms with Gasteiger partial charge in [0.2, 0.25) is 5.91 Å². The third kappa shape index (κ3) is 4.08.